The summed E-state index contributed by atoms with van der Waals surface area (Å²) in [6.07, 6.45) is 4.67. The normalized spacial score (nSPS) is 12.5. The van der Waals surface area contributed by atoms with Crippen LogP contribution in [0.4, 0.5) is 0 Å². The van der Waals surface area contributed by atoms with Gasteiger partial charge in [0.2, 0.25) is 5.16 Å². The molecule has 0 spiro atoms. The molecule has 6 heteroatoms. The van der Waals surface area contributed by atoms with E-state index in [9.17, 15) is 0 Å². The molecule has 0 amide bonds. The first-order chi connectivity index (χ1) is 10.3. The first-order valence-corrected chi connectivity index (χ1v) is 7.82. The average molecular weight is 299 g/mol. The lowest BCUT2D eigenvalue weighted by Gasteiger charge is -2.12. The van der Waals surface area contributed by atoms with Crippen LogP contribution in [0.25, 0.3) is 5.69 Å². The first-order valence-electron chi connectivity index (χ1n) is 6.94. The maximum atomic E-state index is 4.49. The van der Waals surface area contributed by atoms with E-state index in [4.69, 9.17) is 0 Å². The summed E-state index contributed by atoms with van der Waals surface area (Å²) in [6, 6.07) is 10.2. The lowest BCUT2D eigenvalue weighted by atomic mass is 10.3. The highest BCUT2D eigenvalue weighted by atomic mass is 32.2. The van der Waals surface area contributed by atoms with Gasteiger partial charge in [-0.1, -0.05) is 36.9 Å². The topological polar surface area (TPSA) is 59.4 Å². The monoisotopic (exact) mass is 299 g/mol. The molecule has 0 fully saturated rings. The molecule has 1 aromatic carbocycles. The third-order valence-corrected chi connectivity index (χ3v) is 4.15. The molecule has 1 atom stereocenters. The summed E-state index contributed by atoms with van der Waals surface area (Å²) in [5.41, 5.74) is 1.11. The predicted octanol–water partition coefficient (Wildman–Crippen LogP) is 3.41. The molecule has 0 aliphatic rings. The van der Waals surface area contributed by atoms with Crippen LogP contribution in [0.5, 0.6) is 0 Å². The van der Waals surface area contributed by atoms with Gasteiger partial charge >= 0.3 is 0 Å². The quantitative estimate of drug-likeness (QED) is 0.733. The maximum Gasteiger partial charge on any atom is 0.209 e. The fourth-order valence-electron chi connectivity index (χ4n) is 2.12. The van der Waals surface area contributed by atoms with E-state index in [0.717, 1.165) is 28.9 Å². The predicted molar refractivity (Wildman–Crippen MR) is 83.6 cm³/mol. The molecule has 3 aromatic rings. The van der Waals surface area contributed by atoms with Gasteiger partial charge in [-0.25, -0.2) is 9.97 Å². The molecule has 1 unspecified atom stereocenters. The van der Waals surface area contributed by atoms with Crippen LogP contribution in [0, 0.1) is 0 Å². The van der Waals surface area contributed by atoms with Gasteiger partial charge in [0, 0.05) is 24.5 Å². The number of aromatic nitrogens is 5. The fourth-order valence-corrected chi connectivity index (χ4v) is 2.98. The van der Waals surface area contributed by atoms with Gasteiger partial charge < -0.3 is 4.57 Å². The molecular weight excluding hydrogens is 282 g/mol. The van der Waals surface area contributed by atoms with Crippen molar-refractivity contribution in [2.45, 2.75) is 30.7 Å². The van der Waals surface area contributed by atoms with Crippen LogP contribution in [0.2, 0.25) is 0 Å². The third kappa shape index (κ3) is 3.00. The highest BCUT2D eigenvalue weighted by molar-refractivity contribution is 7.99. The molecule has 1 N–H and O–H groups in total. The van der Waals surface area contributed by atoms with Gasteiger partial charge in [0.05, 0.1) is 5.25 Å². The standard InChI is InChI=1S/C15H17N5S/c1-3-13-17-15(19-18-13)21-11(2)14-16-9-10-20(14)12-7-5-4-6-8-12/h4-11H,3H2,1-2H3,(H,17,18,19). The van der Waals surface area contributed by atoms with Crippen molar-refractivity contribution in [1.29, 1.82) is 0 Å². The molecule has 21 heavy (non-hydrogen) atoms. The minimum atomic E-state index is 0.167. The molecule has 0 saturated heterocycles. The van der Waals surface area contributed by atoms with Gasteiger partial charge in [0.15, 0.2) is 0 Å². The summed E-state index contributed by atoms with van der Waals surface area (Å²) >= 11 is 1.61. The summed E-state index contributed by atoms with van der Waals surface area (Å²) in [5, 5.41) is 8.11. The molecular formula is C15H17N5S. The number of aryl methyl sites for hydroxylation is 1. The number of para-hydroxylation sites is 1. The Morgan fingerprint density at radius 3 is 2.81 bits per heavy atom. The van der Waals surface area contributed by atoms with Crippen molar-refractivity contribution in [3.05, 3.63) is 54.4 Å². The minimum Gasteiger partial charge on any atom is -0.303 e. The Balaban J connectivity index is 1.82. The number of aromatic amines is 1. The number of thioether (sulfide) groups is 1. The number of hydrogen-bond donors (Lipinski definition) is 1. The van der Waals surface area contributed by atoms with E-state index in [-0.39, 0.29) is 5.25 Å². The second kappa shape index (κ2) is 6.13. The number of nitrogens with zero attached hydrogens (tertiary/aromatic N) is 4. The highest BCUT2D eigenvalue weighted by Crippen LogP contribution is 2.32. The molecule has 0 saturated carbocycles. The van der Waals surface area contributed by atoms with Crippen molar-refractivity contribution < 1.29 is 0 Å². The number of imidazole rings is 1. The fraction of sp³-hybridized carbons (Fsp3) is 0.267. The Morgan fingerprint density at radius 1 is 1.29 bits per heavy atom. The zero-order valence-electron chi connectivity index (χ0n) is 12.0. The first kappa shape index (κ1) is 13.9. The number of nitrogens with one attached hydrogen (secondary N) is 1. The summed E-state index contributed by atoms with van der Waals surface area (Å²) in [7, 11) is 0. The van der Waals surface area contributed by atoms with E-state index in [1.807, 2.05) is 30.6 Å². The molecule has 2 heterocycles. The summed E-state index contributed by atoms with van der Waals surface area (Å²) in [5.74, 6) is 1.91. The molecule has 2 aromatic heterocycles. The van der Waals surface area contributed by atoms with Crippen LogP contribution in [-0.2, 0) is 6.42 Å². The molecule has 5 nitrogen and oxygen atoms in total. The zero-order valence-corrected chi connectivity index (χ0v) is 12.8. The van der Waals surface area contributed by atoms with Gasteiger partial charge in [0.25, 0.3) is 0 Å². The van der Waals surface area contributed by atoms with Gasteiger partial charge in [-0.05, 0) is 19.1 Å². The van der Waals surface area contributed by atoms with Crippen LogP contribution < -0.4 is 0 Å². The third-order valence-electron chi connectivity index (χ3n) is 3.20. The Morgan fingerprint density at radius 2 is 2.10 bits per heavy atom. The summed E-state index contributed by atoms with van der Waals surface area (Å²) < 4.78 is 2.10. The Labute approximate surface area is 127 Å². The average Bonchev–Trinajstić information content (AvgIpc) is 3.17. The van der Waals surface area contributed by atoms with Crippen LogP contribution in [0.15, 0.2) is 47.9 Å². The molecule has 3 rings (SSSR count). The van der Waals surface area contributed by atoms with Crippen molar-refractivity contribution in [1.82, 2.24) is 24.7 Å². The maximum absolute atomic E-state index is 4.49. The van der Waals surface area contributed by atoms with E-state index >= 15 is 0 Å². The largest absolute Gasteiger partial charge is 0.303 e. The van der Waals surface area contributed by atoms with Crippen molar-refractivity contribution in [3.63, 3.8) is 0 Å². The smallest absolute Gasteiger partial charge is 0.209 e. The SMILES string of the molecule is CCc1nc(SC(C)c2nccn2-c2ccccc2)n[nH]1. The second-order valence-corrected chi connectivity index (χ2v) is 5.98. The summed E-state index contributed by atoms with van der Waals surface area (Å²) in [4.78, 5) is 8.93. The van der Waals surface area contributed by atoms with Gasteiger partial charge in [-0.3, -0.25) is 5.10 Å². The van der Waals surface area contributed by atoms with Gasteiger partial charge in [-0.2, -0.15) is 0 Å². The Hall–Kier alpha value is -2.08. The number of H-pyrrole nitrogens is 1. The number of hydrogen-bond acceptors (Lipinski definition) is 4. The van der Waals surface area contributed by atoms with Crippen LogP contribution in [-0.4, -0.2) is 24.7 Å². The van der Waals surface area contributed by atoms with Crippen LogP contribution in [0.1, 0.15) is 30.7 Å². The van der Waals surface area contributed by atoms with E-state index in [1.165, 1.54) is 0 Å². The molecule has 0 bridgehead atoms. The van der Waals surface area contributed by atoms with Crippen molar-refractivity contribution in [2.75, 3.05) is 0 Å². The highest BCUT2D eigenvalue weighted by Gasteiger charge is 2.16. The lowest BCUT2D eigenvalue weighted by Crippen LogP contribution is -2.02. The van der Waals surface area contributed by atoms with Crippen molar-refractivity contribution in [2.24, 2.45) is 0 Å². The van der Waals surface area contributed by atoms with E-state index in [1.54, 1.807) is 11.8 Å². The van der Waals surface area contributed by atoms with Crippen LogP contribution in [0.3, 0.4) is 0 Å². The minimum absolute atomic E-state index is 0.167. The Bertz CT molecular complexity index is 704. The zero-order chi connectivity index (χ0) is 14.7. The molecule has 0 aliphatic heterocycles. The molecule has 0 aliphatic carbocycles. The van der Waals surface area contributed by atoms with E-state index < -0.39 is 0 Å². The van der Waals surface area contributed by atoms with Crippen molar-refractivity contribution in [3.8, 4) is 5.69 Å². The number of rotatable bonds is 5. The summed E-state index contributed by atoms with van der Waals surface area (Å²) in [6.45, 7) is 4.18. The van der Waals surface area contributed by atoms with Gasteiger partial charge in [-0.15, -0.1) is 5.10 Å². The second-order valence-electron chi connectivity index (χ2n) is 4.67. The molecule has 0 radical (unpaired) electrons. The number of benzene rings is 1. The van der Waals surface area contributed by atoms with E-state index in [0.29, 0.717) is 0 Å². The van der Waals surface area contributed by atoms with Gasteiger partial charge in [0.1, 0.15) is 11.6 Å². The van der Waals surface area contributed by atoms with E-state index in [2.05, 4.69) is 50.7 Å². The van der Waals surface area contributed by atoms with Crippen LogP contribution >= 0.6 is 11.8 Å². The Kier molecular flexibility index (Phi) is 4.06. The molecule has 108 valence electrons. The van der Waals surface area contributed by atoms with Crippen molar-refractivity contribution >= 4 is 11.8 Å². The lowest BCUT2D eigenvalue weighted by molar-refractivity contribution is 0.865.